The Kier molecular flexibility index (Phi) is 5.28. The number of benzene rings is 1. The summed E-state index contributed by atoms with van der Waals surface area (Å²) >= 11 is 1.08. The maximum absolute atomic E-state index is 13.0. The van der Waals surface area contributed by atoms with E-state index in [1.54, 1.807) is 12.3 Å². The predicted octanol–water partition coefficient (Wildman–Crippen LogP) is 3.83. The number of amides is 2. The minimum atomic E-state index is -0.809. The van der Waals surface area contributed by atoms with Crippen molar-refractivity contribution in [3.8, 4) is 0 Å². The van der Waals surface area contributed by atoms with Crippen molar-refractivity contribution >= 4 is 39.8 Å². The number of fused-ring (bicyclic) bond motifs is 1. The number of rotatable bonds is 6. The van der Waals surface area contributed by atoms with Crippen molar-refractivity contribution in [3.05, 3.63) is 55.9 Å². The zero-order valence-electron chi connectivity index (χ0n) is 15.6. The molecule has 0 unspecified atom stereocenters. The fourth-order valence-corrected chi connectivity index (χ4v) is 4.23. The number of nitro benzene ring substituents is 1. The Morgan fingerprint density at radius 3 is 2.61 bits per heavy atom. The van der Waals surface area contributed by atoms with Crippen molar-refractivity contribution < 1.29 is 24.0 Å². The van der Waals surface area contributed by atoms with E-state index in [0.717, 1.165) is 16.2 Å². The Labute approximate surface area is 164 Å². The number of thiophene rings is 1. The number of nitro groups is 1. The molecule has 8 nitrogen and oxygen atoms in total. The van der Waals surface area contributed by atoms with Crippen LogP contribution in [0.1, 0.15) is 57.4 Å². The van der Waals surface area contributed by atoms with Gasteiger partial charge in [-0.3, -0.25) is 19.7 Å². The molecule has 28 heavy (non-hydrogen) atoms. The van der Waals surface area contributed by atoms with Crippen molar-refractivity contribution in [1.82, 2.24) is 0 Å². The van der Waals surface area contributed by atoms with Crippen LogP contribution in [0.3, 0.4) is 0 Å². The van der Waals surface area contributed by atoms with E-state index in [1.165, 1.54) is 18.2 Å². The number of hydrogen-bond acceptors (Lipinski definition) is 7. The van der Waals surface area contributed by atoms with Crippen LogP contribution in [0.15, 0.2) is 23.6 Å². The first-order chi connectivity index (χ1) is 13.3. The Hall–Kier alpha value is -3.07. The van der Waals surface area contributed by atoms with Crippen molar-refractivity contribution in [3.63, 3.8) is 0 Å². The molecule has 0 bridgehead atoms. The third-order valence-corrected chi connectivity index (χ3v) is 5.26. The lowest BCUT2D eigenvalue weighted by molar-refractivity contribution is -0.385. The summed E-state index contributed by atoms with van der Waals surface area (Å²) in [6.07, 6.45) is 0.563. The average molecular weight is 402 g/mol. The largest absolute Gasteiger partial charge is 0.462 e. The highest BCUT2D eigenvalue weighted by molar-refractivity contribution is 7.15. The third-order valence-electron chi connectivity index (χ3n) is 4.25. The molecule has 0 saturated carbocycles. The summed E-state index contributed by atoms with van der Waals surface area (Å²) in [4.78, 5) is 49.9. The number of esters is 1. The molecule has 9 heteroatoms. The monoisotopic (exact) mass is 402 g/mol. The molecule has 2 heterocycles. The van der Waals surface area contributed by atoms with Gasteiger partial charge in [-0.05, 0) is 36.3 Å². The van der Waals surface area contributed by atoms with Gasteiger partial charge in [0.25, 0.3) is 17.5 Å². The molecule has 1 aliphatic heterocycles. The number of imide groups is 1. The van der Waals surface area contributed by atoms with Crippen LogP contribution >= 0.6 is 11.3 Å². The Morgan fingerprint density at radius 1 is 1.29 bits per heavy atom. The molecule has 2 amide bonds. The first-order valence-corrected chi connectivity index (χ1v) is 9.59. The normalized spacial score (nSPS) is 13.2. The van der Waals surface area contributed by atoms with Crippen LogP contribution in [0.2, 0.25) is 0 Å². The van der Waals surface area contributed by atoms with Crippen molar-refractivity contribution in [1.29, 1.82) is 0 Å². The quantitative estimate of drug-likeness (QED) is 0.315. The molecule has 146 valence electrons. The maximum Gasteiger partial charge on any atom is 0.341 e. The minimum absolute atomic E-state index is 0.0483. The summed E-state index contributed by atoms with van der Waals surface area (Å²) < 4.78 is 5.13. The van der Waals surface area contributed by atoms with Crippen LogP contribution in [-0.4, -0.2) is 29.3 Å². The second-order valence-electron chi connectivity index (χ2n) is 6.66. The van der Waals surface area contributed by atoms with Gasteiger partial charge in [-0.25, -0.2) is 9.69 Å². The van der Waals surface area contributed by atoms with Crippen LogP contribution < -0.4 is 4.90 Å². The topological polar surface area (TPSA) is 107 Å². The van der Waals surface area contributed by atoms with Gasteiger partial charge in [-0.2, -0.15) is 0 Å². The van der Waals surface area contributed by atoms with E-state index < -0.39 is 28.4 Å². The Bertz CT molecular complexity index is 994. The van der Waals surface area contributed by atoms with E-state index in [9.17, 15) is 24.5 Å². The zero-order valence-corrected chi connectivity index (χ0v) is 16.4. The van der Waals surface area contributed by atoms with Gasteiger partial charge in [0, 0.05) is 6.07 Å². The summed E-state index contributed by atoms with van der Waals surface area (Å²) in [6, 6.07) is 3.91. The van der Waals surface area contributed by atoms with Gasteiger partial charge < -0.3 is 4.74 Å². The standard InChI is InChI=1S/C19H18N2O6S/c1-4-27-19(24)14-11(8-10(2)3)9-28-18(14)20-16(22)12-6-5-7-13(21(25)26)15(12)17(20)23/h5-7,9-10H,4,8H2,1-3H3. The van der Waals surface area contributed by atoms with E-state index in [4.69, 9.17) is 4.74 Å². The van der Waals surface area contributed by atoms with Crippen molar-refractivity contribution in [2.45, 2.75) is 27.2 Å². The molecule has 2 aromatic rings. The summed E-state index contributed by atoms with van der Waals surface area (Å²) in [6.45, 7) is 5.77. The smallest absolute Gasteiger partial charge is 0.341 e. The van der Waals surface area contributed by atoms with Crippen LogP contribution in [0.4, 0.5) is 10.7 Å². The molecule has 0 radical (unpaired) electrons. The number of ether oxygens (including phenoxy) is 1. The number of hydrogen-bond donors (Lipinski definition) is 0. The highest BCUT2D eigenvalue weighted by Crippen LogP contribution is 2.40. The number of anilines is 1. The van der Waals surface area contributed by atoms with E-state index >= 15 is 0 Å². The summed E-state index contributed by atoms with van der Waals surface area (Å²) in [5, 5.41) is 13.1. The van der Waals surface area contributed by atoms with E-state index in [1.807, 2.05) is 13.8 Å². The molecule has 3 rings (SSSR count). The van der Waals surface area contributed by atoms with Gasteiger partial charge in [-0.15, -0.1) is 11.3 Å². The molecule has 0 saturated heterocycles. The van der Waals surface area contributed by atoms with Crippen molar-refractivity contribution in [2.24, 2.45) is 5.92 Å². The zero-order chi connectivity index (χ0) is 20.6. The van der Waals surface area contributed by atoms with Crippen LogP contribution in [-0.2, 0) is 11.2 Å². The van der Waals surface area contributed by atoms with Gasteiger partial charge in [0.15, 0.2) is 0 Å². The molecule has 1 aliphatic rings. The fourth-order valence-electron chi connectivity index (χ4n) is 3.16. The van der Waals surface area contributed by atoms with E-state index in [-0.39, 0.29) is 34.2 Å². The summed E-state index contributed by atoms with van der Waals surface area (Å²) in [5.74, 6) is -1.89. The molecule has 0 N–H and O–H groups in total. The molecular weight excluding hydrogens is 384 g/mol. The van der Waals surface area contributed by atoms with E-state index in [0.29, 0.717) is 12.0 Å². The highest BCUT2D eigenvalue weighted by Gasteiger charge is 2.44. The van der Waals surface area contributed by atoms with Crippen LogP contribution in [0.5, 0.6) is 0 Å². The van der Waals surface area contributed by atoms with Crippen LogP contribution in [0, 0.1) is 16.0 Å². The van der Waals surface area contributed by atoms with Gasteiger partial charge in [0.05, 0.1) is 22.7 Å². The fraction of sp³-hybridized carbons (Fsp3) is 0.316. The lowest BCUT2D eigenvalue weighted by atomic mass is 10.0. The Balaban J connectivity index is 2.14. The van der Waals surface area contributed by atoms with E-state index in [2.05, 4.69) is 0 Å². The van der Waals surface area contributed by atoms with Gasteiger partial charge in [-0.1, -0.05) is 19.9 Å². The van der Waals surface area contributed by atoms with Gasteiger partial charge in [0.1, 0.15) is 10.6 Å². The van der Waals surface area contributed by atoms with Crippen molar-refractivity contribution in [2.75, 3.05) is 11.5 Å². The lowest BCUT2D eigenvalue weighted by Crippen LogP contribution is -2.30. The second-order valence-corrected chi connectivity index (χ2v) is 7.52. The molecule has 1 aromatic carbocycles. The van der Waals surface area contributed by atoms with Gasteiger partial charge in [0.2, 0.25) is 0 Å². The molecule has 0 spiro atoms. The number of nitrogens with zero attached hydrogens (tertiary/aromatic N) is 2. The predicted molar refractivity (Wildman–Crippen MR) is 103 cm³/mol. The molecule has 0 atom stereocenters. The molecule has 1 aromatic heterocycles. The second kappa shape index (κ2) is 7.51. The highest BCUT2D eigenvalue weighted by atomic mass is 32.1. The summed E-state index contributed by atoms with van der Waals surface area (Å²) in [7, 11) is 0. The van der Waals surface area contributed by atoms with Crippen LogP contribution in [0.25, 0.3) is 0 Å². The maximum atomic E-state index is 13.0. The molecular formula is C19H18N2O6S. The minimum Gasteiger partial charge on any atom is -0.462 e. The molecule has 0 fully saturated rings. The number of carbonyl (C=O) groups excluding carboxylic acids is 3. The third kappa shape index (κ3) is 3.18. The first-order valence-electron chi connectivity index (χ1n) is 8.71. The Morgan fingerprint density at radius 2 is 2.00 bits per heavy atom. The average Bonchev–Trinajstić information content (AvgIpc) is 3.13. The SMILES string of the molecule is CCOC(=O)c1c(CC(C)C)csc1N1C(=O)c2cccc([N+](=O)[O-])c2C1=O. The molecule has 0 aliphatic carbocycles. The first kappa shape index (κ1) is 19.7. The number of carbonyl (C=O) groups is 3. The summed E-state index contributed by atoms with van der Waals surface area (Å²) in [5.41, 5.74) is 0.103. The van der Waals surface area contributed by atoms with Gasteiger partial charge >= 0.3 is 5.97 Å². The lowest BCUT2D eigenvalue weighted by Gasteiger charge is -2.15.